The minimum Gasteiger partial charge on any atom is -0.493 e. The molecule has 1 aliphatic rings. The van der Waals surface area contributed by atoms with Gasteiger partial charge in [0.25, 0.3) is 0 Å². The molecule has 0 radical (unpaired) electrons. The molecule has 0 amide bonds. The summed E-state index contributed by atoms with van der Waals surface area (Å²) in [5.74, 6) is 0.487. The lowest BCUT2D eigenvalue weighted by Crippen LogP contribution is -2.37. The van der Waals surface area contributed by atoms with Crippen LogP contribution in [0.1, 0.15) is 42.1 Å². The highest BCUT2D eigenvalue weighted by molar-refractivity contribution is 5.97. The Morgan fingerprint density at radius 2 is 1.91 bits per heavy atom. The zero-order valence-corrected chi connectivity index (χ0v) is 18.3. The van der Waals surface area contributed by atoms with Crippen molar-refractivity contribution in [3.63, 3.8) is 0 Å². The summed E-state index contributed by atoms with van der Waals surface area (Å²) in [6.07, 6.45) is 4.68. The first kappa shape index (κ1) is 22.2. The first-order chi connectivity index (χ1) is 15.5. The Bertz CT molecular complexity index is 1130. The van der Waals surface area contributed by atoms with Gasteiger partial charge in [-0.15, -0.1) is 0 Å². The molecule has 1 aliphatic heterocycles. The van der Waals surface area contributed by atoms with Crippen LogP contribution in [0.25, 0.3) is 11.0 Å². The molecule has 0 saturated carbocycles. The molecule has 0 bridgehead atoms. The molecule has 0 N–H and O–H groups in total. The molecule has 6 heteroatoms. The van der Waals surface area contributed by atoms with E-state index in [1.54, 1.807) is 24.3 Å². The largest absolute Gasteiger partial charge is 0.493 e. The summed E-state index contributed by atoms with van der Waals surface area (Å²) in [5, 5.41) is 0.578. The van der Waals surface area contributed by atoms with Gasteiger partial charge >= 0.3 is 0 Å². The number of Topliss-reactive ketones (excluding diaryl/α,β-unsaturated/α-hetero) is 1. The highest BCUT2D eigenvalue weighted by Gasteiger charge is 2.25. The van der Waals surface area contributed by atoms with Crippen molar-refractivity contribution in [1.29, 1.82) is 0 Å². The van der Waals surface area contributed by atoms with Crippen molar-refractivity contribution in [3.8, 4) is 5.75 Å². The third-order valence-corrected chi connectivity index (χ3v) is 6.17. The lowest BCUT2D eigenvalue weighted by atomic mass is 9.89. The van der Waals surface area contributed by atoms with E-state index in [9.17, 15) is 14.0 Å². The van der Waals surface area contributed by atoms with Crippen molar-refractivity contribution in [2.45, 2.75) is 32.6 Å². The number of ketones is 1. The number of likely N-dealkylation sites (tertiary alicyclic amines) is 1. The van der Waals surface area contributed by atoms with Gasteiger partial charge < -0.3 is 14.1 Å². The molecule has 5 nitrogen and oxygen atoms in total. The summed E-state index contributed by atoms with van der Waals surface area (Å²) in [5.41, 5.74) is 1.82. The number of nitrogens with zero attached hydrogens (tertiary/aromatic N) is 1. The number of hydrogen-bond donors (Lipinski definition) is 0. The van der Waals surface area contributed by atoms with Gasteiger partial charge in [-0.05, 0) is 75.2 Å². The Hall–Kier alpha value is -2.99. The van der Waals surface area contributed by atoms with Crippen molar-refractivity contribution in [2.75, 3.05) is 26.2 Å². The van der Waals surface area contributed by atoms with E-state index in [1.165, 1.54) is 18.4 Å². The zero-order chi connectivity index (χ0) is 22.5. The van der Waals surface area contributed by atoms with Gasteiger partial charge in [0.2, 0.25) is 0 Å². The number of rotatable bonds is 8. The van der Waals surface area contributed by atoms with Crippen LogP contribution in [0.15, 0.2) is 57.9 Å². The minimum atomic E-state index is -0.322. The van der Waals surface area contributed by atoms with E-state index in [4.69, 9.17) is 9.15 Å². The number of carbonyl (C=O) groups is 1. The predicted molar refractivity (Wildman–Crippen MR) is 122 cm³/mol. The number of piperidine rings is 1. The number of aryl methyl sites for hydroxylation is 1. The molecule has 3 aromatic rings. The van der Waals surface area contributed by atoms with Crippen LogP contribution in [0.5, 0.6) is 5.75 Å². The monoisotopic (exact) mass is 437 g/mol. The average molecular weight is 438 g/mol. The SMILES string of the molecule is CCc1coc2cc(OCCCN3CCC(C(=O)c4ccc(F)cc4)CC3)ccc2c1=O. The van der Waals surface area contributed by atoms with E-state index < -0.39 is 0 Å². The normalized spacial score (nSPS) is 15.2. The van der Waals surface area contributed by atoms with Crippen molar-refractivity contribution < 1.29 is 18.3 Å². The van der Waals surface area contributed by atoms with Crippen molar-refractivity contribution in [2.24, 2.45) is 5.92 Å². The van der Waals surface area contributed by atoms with Gasteiger partial charge in [-0.1, -0.05) is 6.92 Å². The molecule has 1 saturated heterocycles. The highest BCUT2D eigenvalue weighted by atomic mass is 19.1. The molecule has 0 unspecified atom stereocenters. The quantitative estimate of drug-likeness (QED) is 0.372. The fourth-order valence-corrected chi connectivity index (χ4v) is 4.23. The van der Waals surface area contributed by atoms with Crippen molar-refractivity contribution >= 4 is 16.8 Å². The summed E-state index contributed by atoms with van der Waals surface area (Å²) < 4.78 is 24.5. The van der Waals surface area contributed by atoms with Crippen LogP contribution in [0.3, 0.4) is 0 Å². The first-order valence-corrected chi connectivity index (χ1v) is 11.2. The van der Waals surface area contributed by atoms with Gasteiger partial charge in [-0.2, -0.15) is 0 Å². The summed E-state index contributed by atoms with van der Waals surface area (Å²) in [6.45, 7) is 5.15. The van der Waals surface area contributed by atoms with E-state index in [-0.39, 0.29) is 22.9 Å². The van der Waals surface area contributed by atoms with Gasteiger partial charge in [0.1, 0.15) is 17.1 Å². The van der Waals surface area contributed by atoms with E-state index in [0.717, 1.165) is 38.9 Å². The third kappa shape index (κ3) is 5.07. The minimum absolute atomic E-state index is 0.00782. The first-order valence-electron chi connectivity index (χ1n) is 11.2. The second kappa shape index (κ2) is 10.1. The van der Waals surface area contributed by atoms with Crippen molar-refractivity contribution in [1.82, 2.24) is 4.90 Å². The molecule has 1 aromatic heterocycles. The standard InChI is InChI=1S/C26H28FNO4/c1-2-18-17-32-24-16-22(8-9-23(24)26(18)30)31-15-3-12-28-13-10-20(11-14-28)25(29)19-4-6-21(27)7-5-19/h4-9,16-17,20H,2-3,10-15H2,1H3. The molecule has 0 atom stereocenters. The van der Waals surface area contributed by atoms with Crippen LogP contribution >= 0.6 is 0 Å². The Balaban J connectivity index is 1.22. The van der Waals surface area contributed by atoms with Crippen LogP contribution in [0, 0.1) is 11.7 Å². The Morgan fingerprint density at radius 3 is 2.62 bits per heavy atom. The number of ether oxygens (including phenoxy) is 1. The number of fused-ring (bicyclic) bond motifs is 1. The molecular formula is C26H28FNO4. The molecular weight excluding hydrogens is 409 g/mol. The van der Waals surface area contributed by atoms with E-state index in [1.807, 2.05) is 13.0 Å². The lowest BCUT2D eigenvalue weighted by Gasteiger charge is -2.31. The molecule has 0 aliphatic carbocycles. The molecule has 4 rings (SSSR count). The van der Waals surface area contributed by atoms with E-state index in [0.29, 0.717) is 40.9 Å². The van der Waals surface area contributed by atoms with Gasteiger partial charge in [-0.3, -0.25) is 9.59 Å². The second-order valence-corrected chi connectivity index (χ2v) is 8.29. The zero-order valence-electron chi connectivity index (χ0n) is 18.3. The fourth-order valence-electron chi connectivity index (χ4n) is 4.23. The maximum Gasteiger partial charge on any atom is 0.195 e. The predicted octanol–water partition coefficient (Wildman–Crippen LogP) is 4.86. The van der Waals surface area contributed by atoms with E-state index >= 15 is 0 Å². The average Bonchev–Trinajstić information content (AvgIpc) is 2.82. The number of hydrogen-bond acceptors (Lipinski definition) is 5. The molecule has 32 heavy (non-hydrogen) atoms. The molecule has 2 heterocycles. The smallest absolute Gasteiger partial charge is 0.195 e. The van der Waals surface area contributed by atoms with Crippen LogP contribution in [-0.4, -0.2) is 36.9 Å². The van der Waals surface area contributed by atoms with Crippen molar-refractivity contribution in [3.05, 3.63) is 75.9 Å². The van der Waals surface area contributed by atoms with Crippen LogP contribution in [0.2, 0.25) is 0 Å². The van der Waals surface area contributed by atoms with Gasteiger partial charge in [-0.25, -0.2) is 4.39 Å². The van der Waals surface area contributed by atoms with Crippen LogP contribution in [0.4, 0.5) is 4.39 Å². The Kier molecular flexibility index (Phi) is 7.00. The van der Waals surface area contributed by atoms with E-state index in [2.05, 4.69) is 4.90 Å². The Morgan fingerprint density at radius 1 is 1.16 bits per heavy atom. The number of halogens is 1. The molecule has 168 valence electrons. The summed E-state index contributed by atoms with van der Waals surface area (Å²) in [6, 6.07) is 11.2. The maximum absolute atomic E-state index is 13.1. The fraction of sp³-hybridized carbons (Fsp3) is 0.385. The number of benzene rings is 2. The maximum atomic E-state index is 13.1. The second-order valence-electron chi connectivity index (χ2n) is 8.29. The number of carbonyl (C=O) groups excluding carboxylic acids is 1. The topological polar surface area (TPSA) is 59.8 Å². The molecule has 2 aromatic carbocycles. The third-order valence-electron chi connectivity index (χ3n) is 6.17. The summed E-state index contributed by atoms with van der Waals surface area (Å²) >= 11 is 0. The van der Waals surface area contributed by atoms with Gasteiger partial charge in [0.15, 0.2) is 11.2 Å². The molecule has 0 spiro atoms. The van der Waals surface area contributed by atoms with Gasteiger partial charge in [0, 0.05) is 29.7 Å². The van der Waals surface area contributed by atoms with Crippen LogP contribution in [-0.2, 0) is 6.42 Å². The highest BCUT2D eigenvalue weighted by Crippen LogP contribution is 2.23. The van der Waals surface area contributed by atoms with Crippen LogP contribution < -0.4 is 10.2 Å². The summed E-state index contributed by atoms with van der Waals surface area (Å²) in [7, 11) is 0. The Labute approximate surface area is 186 Å². The molecule has 1 fully saturated rings. The van der Waals surface area contributed by atoms with Gasteiger partial charge in [0.05, 0.1) is 18.3 Å². The lowest BCUT2D eigenvalue weighted by molar-refractivity contribution is 0.0835. The summed E-state index contributed by atoms with van der Waals surface area (Å²) in [4.78, 5) is 27.3.